The molecule has 1 aliphatic heterocycles. The van der Waals surface area contributed by atoms with Crippen molar-refractivity contribution in [1.82, 2.24) is 0 Å². The summed E-state index contributed by atoms with van der Waals surface area (Å²) in [6.07, 6.45) is 0.541. The zero-order chi connectivity index (χ0) is 10.8. The lowest BCUT2D eigenvalue weighted by atomic mass is 10.0. The molecule has 0 bridgehead atoms. The van der Waals surface area contributed by atoms with Crippen molar-refractivity contribution in [3.63, 3.8) is 0 Å². The first kappa shape index (κ1) is 9.81. The number of nitrogens with zero attached hydrogens (tertiary/aromatic N) is 1. The molecule has 0 fully saturated rings. The number of ether oxygens (including phenoxy) is 2. The van der Waals surface area contributed by atoms with E-state index < -0.39 is 6.04 Å². The Bertz CT molecular complexity index is 423. The molecular formula is C11H12N2O2. The number of aryl methyl sites for hydroxylation is 1. The Morgan fingerprint density at radius 2 is 2.13 bits per heavy atom. The normalized spacial score (nSPS) is 14.7. The highest BCUT2D eigenvalue weighted by Crippen LogP contribution is 2.34. The van der Waals surface area contributed by atoms with Gasteiger partial charge < -0.3 is 15.2 Å². The maximum absolute atomic E-state index is 8.65. The van der Waals surface area contributed by atoms with Crippen LogP contribution in [0.5, 0.6) is 11.5 Å². The van der Waals surface area contributed by atoms with Crippen molar-refractivity contribution in [3.05, 3.63) is 23.3 Å². The van der Waals surface area contributed by atoms with Gasteiger partial charge in [0.1, 0.15) is 0 Å². The molecule has 0 spiro atoms. The lowest BCUT2D eigenvalue weighted by Crippen LogP contribution is -2.20. The summed E-state index contributed by atoms with van der Waals surface area (Å²) in [6.45, 7) is 2.24. The Hall–Kier alpha value is -1.73. The van der Waals surface area contributed by atoms with Gasteiger partial charge in [-0.3, -0.25) is 0 Å². The average molecular weight is 204 g/mol. The van der Waals surface area contributed by atoms with E-state index in [1.165, 1.54) is 0 Å². The van der Waals surface area contributed by atoms with Crippen LogP contribution in [0, 0.1) is 18.3 Å². The van der Waals surface area contributed by atoms with Crippen LogP contribution in [0.3, 0.4) is 0 Å². The summed E-state index contributed by atoms with van der Waals surface area (Å²) in [7, 11) is 0. The summed E-state index contributed by atoms with van der Waals surface area (Å²) >= 11 is 0. The molecule has 1 aromatic carbocycles. The van der Waals surface area contributed by atoms with Crippen LogP contribution in [0.2, 0.25) is 0 Å². The van der Waals surface area contributed by atoms with Crippen LogP contribution in [-0.4, -0.2) is 12.8 Å². The smallest absolute Gasteiger partial charge is 0.231 e. The number of nitrogens with two attached hydrogens (primary N) is 1. The van der Waals surface area contributed by atoms with Gasteiger partial charge in [0.05, 0.1) is 12.1 Å². The molecule has 0 radical (unpaired) electrons. The van der Waals surface area contributed by atoms with Crippen LogP contribution in [0.4, 0.5) is 0 Å². The fraction of sp³-hybridized carbons (Fsp3) is 0.364. The standard InChI is InChI=1S/C11H12N2O2/c1-7-2-10-11(15-6-14-10)4-8(7)3-9(13)5-12/h2,4,9H,3,6,13H2,1H3. The third kappa shape index (κ3) is 1.88. The lowest BCUT2D eigenvalue weighted by Gasteiger charge is -2.08. The number of fused-ring (bicyclic) bond motifs is 1. The third-order valence-electron chi connectivity index (χ3n) is 2.44. The lowest BCUT2D eigenvalue weighted by molar-refractivity contribution is 0.174. The molecule has 2 rings (SSSR count). The van der Waals surface area contributed by atoms with Crippen LogP contribution in [-0.2, 0) is 6.42 Å². The summed E-state index contributed by atoms with van der Waals surface area (Å²) in [5.41, 5.74) is 7.70. The first-order valence-corrected chi connectivity index (χ1v) is 4.75. The Labute approximate surface area is 88.2 Å². The van der Waals surface area contributed by atoms with Gasteiger partial charge in [-0.05, 0) is 30.2 Å². The summed E-state index contributed by atoms with van der Waals surface area (Å²) < 4.78 is 10.5. The number of hydrogen-bond donors (Lipinski definition) is 1. The molecule has 1 aromatic rings. The number of benzene rings is 1. The molecule has 4 nitrogen and oxygen atoms in total. The minimum atomic E-state index is -0.468. The SMILES string of the molecule is Cc1cc2c(cc1CC(N)C#N)OCO2. The molecule has 0 aliphatic carbocycles. The first-order valence-electron chi connectivity index (χ1n) is 4.75. The maximum Gasteiger partial charge on any atom is 0.231 e. The van der Waals surface area contributed by atoms with E-state index in [2.05, 4.69) is 0 Å². The van der Waals surface area contributed by atoms with Gasteiger partial charge in [0.25, 0.3) is 0 Å². The van der Waals surface area contributed by atoms with Gasteiger partial charge in [0.2, 0.25) is 6.79 Å². The maximum atomic E-state index is 8.65. The highest BCUT2D eigenvalue weighted by molar-refractivity contribution is 5.48. The average Bonchev–Trinajstić information content (AvgIpc) is 2.65. The second-order valence-electron chi connectivity index (χ2n) is 3.57. The molecule has 2 N–H and O–H groups in total. The summed E-state index contributed by atoms with van der Waals surface area (Å²) in [5.74, 6) is 1.50. The Morgan fingerprint density at radius 1 is 1.47 bits per heavy atom. The zero-order valence-corrected chi connectivity index (χ0v) is 8.49. The molecule has 4 heteroatoms. The first-order chi connectivity index (χ1) is 7.20. The molecule has 15 heavy (non-hydrogen) atoms. The van der Waals surface area contributed by atoms with Gasteiger partial charge in [-0.2, -0.15) is 5.26 Å². The Kier molecular flexibility index (Phi) is 2.48. The van der Waals surface area contributed by atoms with Crippen molar-refractivity contribution in [3.8, 4) is 17.6 Å². The summed E-state index contributed by atoms with van der Waals surface area (Å²) in [5, 5.41) is 8.65. The molecule has 0 saturated heterocycles. The second kappa shape index (κ2) is 3.79. The van der Waals surface area contributed by atoms with E-state index in [4.69, 9.17) is 20.5 Å². The number of hydrogen-bond acceptors (Lipinski definition) is 4. The molecular weight excluding hydrogens is 192 g/mol. The Morgan fingerprint density at radius 3 is 2.80 bits per heavy atom. The molecule has 0 amide bonds. The van der Waals surface area contributed by atoms with E-state index in [1.807, 2.05) is 25.1 Å². The second-order valence-corrected chi connectivity index (χ2v) is 3.57. The van der Waals surface area contributed by atoms with E-state index in [-0.39, 0.29) is 6.79 Å². The minimum absolute atomic E-state index is 0.266. The molecule has 1 aliphatic rings. The molecule has 0 aromatic heterocycles. The highest BCUT2D eigenvalue weighted by Gasteiger charge is 2.16. The van der Waals surface area contributed by atoms with Crippen LogP contribution in [0.1, 0.15) is 11.1 Å². The van der Waals surface area contributed by atoms with Crippen molar-refractivity contribution in [2.45, 2.75) is 19.4 Å². The van der Waals surface area contributed by atoms with Crippen molar-refractivity contribution < 1.29 is 9.47 Å². The van der Waals surface area contributed by atoms with Gasteiger partial charge in [0, 0.05) is 6.42 Å². The van der Waals surface area contributed by atoms with E-state index in [0.717, 1.165) is 22.6 Å². The molecule has 78 valence electrons. The van der Waals surface area contributed by atoms with Crippen LogP contribution in [0.25, 0.3) is 0 Å². The fourth-order valence-corrected chi connectivity index (χ4v) is 1.59. The number of rotatable bonds is 2. The highest BCUT2D eigenvalue weighted by atomic mass is 16.7. The molecule has 1 atom stereocenters. The van der Waals surface area contributed by atoms with Gasteiger partial charge >= 0.3 is 0 Å². The third-order valence-corrected chi connectivity index (χ3v) is 2.44. The minimum Gasteiger partial charge on any atom is -0.454 e. The van der Waals surface area contributed by atoms with E-state index in [9.17, 15) is 0 Å². The van der Waals surface area contributed by atoms with Crippen LogP contribution < -0.4 is 15.2 Å². The Balaban J connectivity index is 2.29. The van der Waals surface area contributed by atoms with Crippen LogP contribution in [0.15, 0.2) is 12.1 Å². The van der Waals surface area contributed by atoms with Crippen molar-refractivity contribution >= 4 is 0 Å². The zero-order valence-electron chi connectivity index (χ0n) is 8.49. The van der Waals surface area contributed by atoms with E-state index in [0.29, 0.717) is 6.42 Å². The van der Waals surface area contributed by atoms with E-state index >= 15 is 0 Å². The van der Waals surface area contributed by atoms with Gasteiger partial charge in [0.15, 0.2) is 11.5 Å². The molecule has 1 heterocycles. The van der Waals surface area contributed by atoms with Gasteiger partial charge in [-0.1, -0.05) is 0 Å². The monoisotopic (exact) mass is 204 g/mol. The van der Waals surface area contributed by atoms with Crippen LogP contribution >= 0.6 is 0 Å². The van der Waals surface area contributed by atoms with Crippen molar-refractivity contribution in [2.24, 2.45) is 5.73 Å². The fourth-order valence-electron chi connectivity index (χ4n) is 1.59. The van der Waals surface area contributed by atoms with Crippen molar-refractivity contribution in [2.75, 3.05) is 6.79 Å². The summed E-state index contributed by atoms with van der Waals surface area (Å²) in [6, 6.07) is 5.36. The molecule has 0 saturated carbocycles. The van der Waals surface area contributed by atoms with Crippen molar-refractivity contribution in [1.29, 1.82) is 5.26 Å². The van der Waals surface area contributed by atoms with Gasteiger partial charge in [-0.25, -0.2) is 0 Å². The predicted molar refractivity (Wildman–Crippen MR) is 54.6 cm³/mol. The quantitative estimate of drug-likeness (QED) is 0.783. The van der Waals surface area contributed by atoms with Gasteiger partial charge in [-0.15, -0.1) is 0 Å². The number of nitriles is 1. The largest absolute Gasteiger partial charge is 0.454 e. The van der Waals surface area contributed by atoms with E-state index in [1.54, 1.807) is 0 Å². The predicted octanol–water partition coefficient (Wildman–Crippen LogP) is 1.12. The topological polar surface area (TPSA) is 68.3 Å². The molecule has 1 unspecified atom stereocenters. The summed E-state index contributed by atoms with van der Waals surface area (Å²) in [4.78, 5) is 0.